The second-order valence-corrected chi connectivity index (χ2v) is 4.77. The second kappa shape index (κ2) is 6.67. The average Bonchev–Trinajstić information content (AvgIpc) is 1.99. The van der Waals surface area contributed by atoms with Gasteiger partial charge in [0, 0.05) is 0 Å². The quantitative estimate of drug-likeness (QED) is 0.737. The van der Waals surface area contributed by atoms with Crippen LogP contribution in [0.15, 0.2) is 10.2 Å². The first-order valence-electron chi connectivity index (χ1n) is 5.14. The maximum atomic E-state index is 9.44. The third-order valence-corrected chi connectivity index (χ3v) is 1.43. The van der Waals surface area contributed by atoms with E-state index in [2.05, 4.69) is 10.2 Å². The van der Waals surface area contributed by atoms with Crippen LogP contribution in [0, 0.1) is 0 Å². The van der Waals surface area contributed by atoms with E-state index in [4.69, 9.17) is 0 Å². The van der Waals surface area contributed by atoms with Crippen molar-refractivity contribution in [1.29, 1.82) is 0 Å². The molecule has 0 saturated heterocycles. The third kappa shape index (κ3) is 19.6. The summed E-state index contributed by atoms with van der Waals surface area (Å²) in [5.74, 6) is 0.167. The van der Waals surface area contributed by atoms with Crippen LogP contribution in [-0.2, 0) is 4.79 Å². The molecule has 0 rings (SSSR count). The summed E-state index contributed by atoms with van der Waals surface area (Å²) in [5.41, 5.74) is -1.19. The summed E-state index contributed by atoms with van der Waals surface area (Å²) in [6.45, 7) is 12.3. The van der Waals surface area contributed by atoms with Crippen molar-refractivity contribution < 1.29 is 9.90 Å². The van der Waals surface area contributed by atoms with E-state index in [1.165, 1.54) is 13.8 Å². The summed E-state index contributed by atoms with van der Waals surface area (Å²) in [4.78, 5) is 9.44. The van der Waals surface area contributed by atoms with Gasteiger partial charge in [0.15, 0.2) is 5.72 Å². The molecule has 0 unspecified atom stereocenters. The molecule has 0 radical (unpaired) electrons. The number of carbonyl (C=O) groups excluding carboxylic acids is 1. The van der Waals surface area contributed by atoms with Gasteiger partial charge in [-0.15, -0.1) is 0 Å². The zero-order valence-corrected chi connectivity index (χ0v) is 11.0. The smallest absolute Gasteiger partial charge is 0.170 e. The van der Waals surface area contributed by atoms with E-state index in [1.807, 2.05) is 20.8 Å². The maximum absolute atomic E-state index is 9.44. The number of Topliss-reactive ketones (excluding diaryl/α,β-unsaturated/α-hetero) is 1. The van der Waals surface area contributed by atoms with E-state index in [-0.39, 0.29) is 11.3 Å². The van der Waals surface area contributed by atoms with E-state index in [0.29, 0.717) is 0 Å². The van der Waals surface area contributed by atoms with Crippen LogP contribution < -0.4 is 0 Å². The van der Waals surface area contributed by atoms with E-state index >= 15 is 0 Å². The predicted octanol–water partition coefficient (Wildman–Crippen LogP) is 2.95. The van der Waals surface area contributed by atoms with Crippen molar-refractivity contribution in [2.24, 2.45) is 10.2 Å². The molecule has 0 saturated carbocycles. The van der Waals surface area contributed by atoms with Crippen LogP contribution in [0.2, 0.25) is 0 Å². The van der Waals surface area contributed by atoms with Crippen molar-refractivity contribution in [3.05, 3.63) is 0 Å². The maximum Gasteiger partial charge on any atom is 0.170 e. The largest absolute Gasteiger partial charge is 0.368 e. The van der Waals surface area contributed by atoms with E-state index in [0.717, 1.165) is 6.42 Å². The van der Waals surface area contributed by atoms with Gasteiger partial charge in [0.2, 0.25) is 0 Å². The highest BCUT2D eigenvalue weighted by Crippen LogP contribution is 2.16. The monoisotopic (exact) mass is 216 g/mol. The fraction of sp³-hybridized carbons (Fsp3) is 0.909. The van der Waals surface area contributed by atoms with Gasteiger partial charge in [-0.25, -0.2) is 0 Å². The third-order valence-electron chi connectivity index (χ3n) is 1.43. The topological polar surface area (TPSA) is 62.0 Å². The predicted molar refractivity (Wildman–Crippen MR) is 61.9 cm³/mol. The first-order valence-corrected chi connectivity index (χ1v) is 5.14. The van der Waals surface area contributed by atoms with Crippen LogP contribution in [0.25, 0.3) is 0 Å². The van der Waals surface area contributed by atoms with Crippen LogP contribution in [-0.4, -0.2) is 22.2 Å². The van der Waals surface area contributed by atoms with E-state index in [1.54, 1.807) is 13.8 Å². The Morgan fingerprint density at radius 1 is 1.13 bits per heavy atom. The summed E-state index contributed by atoms with van der Waals surface area (Å²) in [6, 6.07) is 0. The number of ketones is 1. The lowest BCUT2D eigenvalue weighted by Gasteiger charge is -2.17. The Morgan fingerprint density at radius 2 is 1.47 bits per heavy atom. The molecule has 0 atom stereocenters. The summed E-state index contributed by atoms with van der Waals surface area (Å²) < 4.78 is 0. The van der Waals surface area contributed by atoms with Gasteiger partial charge in [0.1, 0.15) is 5.78 Å². The molecule has 0 aromatic carbocycles. The molecule has 0 fully saturated rings. The van der Waals surface area contributed by atoms with Crippen molar-refractivity contribution in [1.82, 2.24) is 0 Å². The van der Waals surface area contributed by atoms with Crippen molar-refractivity contribution in [2.45, 2.75) is 66.2 Å². The van der Waals surface area contributed by atoms with Gasteiger partial charge in [-0.2, -0.15) is 10.2 Å². The molecular weight excluding hydrogens is 192 g/mol. The molecule has 0 amide bonds. The highest BCUT2D eigenvalue weighted by Gasteiger charge is 2.16. The van der Waals surface area contributed by atoms with Crippen LogP contribution in [0.5, 0.6) is 0 Å². The van der Waals surface area contributed by atoms with Gasteiger partial charge < -0.3 is 9.90 Å². The Kier molecular flexibility index (Phi) is 7.40. The van der Waals surface area contributed by atoms with Crippen LogP contribution >= 0.6 is 0 Å². The minimum absolute atomic E-state index is 0.153. The van der Waals surface area contributed by atoms with E-state index in [9.17, 15) is 9.90 Å². The molecule has 0 aliphatic heterocycles. The average molecular weight is 216 g/mol. The summed E-state index contributed by atoms with van der Waals surface area (Å²) in [6.07, 6.45) is 0.923. The van der Waals surface area contributed by atoms with Crippen LogP contribution in [0.4, 0.5) is 0 Å². The molecule has 4 nitrogen and oxygen atoms in total. The number of hydrogen-bond donors (Lipinski definition) is 1. The highest BCUT2D eigenvalue weighted by atomic mass is 16.3. The lowest BCUT2D eigenvalue weighted by atomic mass is 10.0. The van der Waals surface area contributed by atoms with Crippen molar-refractivity contribution in [2.75, 3.05) is 0 Å². The number of carbonyl (C=O) groups is 1. The van der Waals surface area contributed by atoms with Crippen molar-refractivity contribution in [3.63, 3.8) is 0 Å². The highest BCUT2D eigenvalue weighted by molar-refractivity contribution is 5.72. The number of azo groups is 1. The molecule has 0 heterocycles. The van der Waals surface area contributed by atoms with Crippen LogP contribution in [0.3, 0.4) is 0 Å². The fourth-order valence-electron chi connectivity index (χ4n) is 0.328. The molecule has 90 valence electrons. The second-order valence-electron chi connectivity index (χ2n) is 4.77. The van der Waals surface area contributed by atoms with Gasteiger partial charge in [0.25, 0.3) is 0 Å². The number of aliphatic hydroxyl groups is 1. The van der Waals surface area contributed by atoms with Gasteiger partial charge in [0.05, 0.1) is 5.54 Å². The lowest BCUT2D eigenvalue weighted by molar-refractivity contribution is -0.114. The van der Waals surface area contributed by atoms with Gasteiger partial charge in [-0.1, -0.05) is 6.92 Å². The number of hydrogen-bond acceptors (Lipinski definition) is 4. The molecule has 15 heavy (non-hydrogen) atoms. The normalized spacial score (nSPS) is 12.3. The number of rotatable bonds is 3. The minimum Gasteiger partial charge on any atom is -0.368 e. The molecule has 0 aliphatic rings. The Hall–Kier alpha value is -0.770. The molecule has 0 aromatic rings. The zero-order valence-electron chi connectivity index (χ0n) is 11.0. The Morgan fingerprint density at radius 3 is 1.67 bits per heavy atom. The Balaban J connectivity index is 0. The van der Waals surface area contributed by atoms with Crippen molar-refractivity contribution >= 4 is 5.78 Å². The Labute approximate surface area is 92.8 Å². The van der Waals surface area contributed by atoms with Crippen molar-refractivity contribution in [3.8, 4) is 0 Å². The molecule has 1 N–H and O–H groups in total. The first-order chi connectivity index (χ1) is 6.50. The lowest BCUT2D eigenvalue weighted by Crippen LogP contribution is -2.19. The first kappa shape index (κ1) is 16.7. The molecule has 0 bridgehead atoms. The SMILES string of the molecule is CC(C)=O.CCC(C)(C)/N=N/C(C)(C)O. The minimum atomic E-state index is -1.04. The summed E-state index contributed by atoms with van der Waals surface area (Å²) in [5, 5.41) is 17.0. The molecule has 0 spiro atoms. The molecule has 4 heteroatoms. The van der Waals surface area contributed by atoms with Crippen LogP contribution in [0.1, 0.15) is 54.9 Å². The standard InChI is InChI=1S/C8H18N2O.C3H6O/c1-6-7(2,3)9-10-8(4,5)11;1-3(2)4/h11H,6H2,1-5H3;1-2H3/b10-9+;. The van der Waals surface area contributed by atoms with E-state index < -0.39 is 5.72 Å². The molecular formula is C11H24N2O2. The fourth-order valence-corrected chi connectivity index (χ4v) is 0.328. The van der Waals surface area contributed by atoms with Gasteiger partial charge in [-0.05, 0) is 48.0 Å². The molecule has 0 aliphatic carbocycles. The van der Waals surface area contributed by atoms with Gasteiger partial charge in [-0.3, -0.25) is 0 Å². The zero-order chi connectivity index (χ0) is 12.7. The summed E-state index contributed by atoms with van der Waals surface area (Å²) in [7, 11) is 0. The van der Waals surface area contributed by atoms with Gasteiger partial charge >= 0.3 is 0 Å². The molecule has 0 aromatic heterocycles. The number of nitrogens with zero attached hydrogens (tertiary/aromatic N) is 2. The summed E-state index contributed by atoms with van der Waals surface area (Å²) >= 11 is 0. The Bertz CT molecular complexity index is 211.